The van der Waals surface area contributed by atoms with Gasteiger partial charge in [-0.15, -0.1) is 0 Å². The lowest BCUT2D eigenvalue weighted by molar-refractivity contribution is -0.137. The molecule has 2 aromatic carbocycles. The van der Waals surface area contributed by atoms with E-state index < -0.39 is 30.2 Å². The fourth-order valence-electron chi connectivity index (χ4n) is 2.15. The monoisotopic (exact) mass is 425 g/mol. The number of methoxy groups -OCH3 is 1. The highest BCUT2D eigenvalue weighted by molar-refractivity contribution is 5.83. The fraction of sp³-hybridized carbons (Fsp3) is 0.211. The van der Waals surface area contributed by atoms with Crippen molar-refractivity contribution in [2.24, 2.45) is 10.8 Å². The Morgan fingerprint density at radius 2 is 1.87 bits per heavy atom. The van der Waals surface area contributed by atoms with E-state index in [1.165, 1.54) is 31.5 Å². The van der Waals surface area contributed by atoms with E-state index in [0.717, 1.165) is 12.1 Å². The summed E-state index contributed by atoms with van der Waals surface area (Å²) in [6, 6.07) is 8.85. The molecular weight excluding hydrogens is 407 g/mol. The average Bonchev–Trinajstić information content (AvgIpc) is 2.70. The van der Waals surface area contributed by atoms with Crippen LogP contribution in [-0.2, 0) is 15.8 Å². The molecule has 0 aliphatic heterocycles. The Balaban J connectivity index is 1.89. The number of hydrogen-bond donors (Lipinski definition) is 2. The normalized spacial score (nSPS) is 11.2. The van der Waals surface area contributed by atoms with Crippen LogP contribution < -0.4 is 25.4 Å². The van der Waals surface area contributed by atoms with Gasteiger partial charge in [0.2, 0.25) is 0 Å². The van der Waals surface area contributed by atoms with Crippen LogP contribution in [0.15, 0.2) is 47.6 Å². The lowest BCUT2D eigenvalue weighted by atomic mass is 10.2. The molecule has 0 bridgehead atoms. The molecule has 2 rings (SSSR count). The molecule has 0 aliphatic carbocycles. The van der Waals surface area contributed by atoms with Gasteiger partial charge in [-0.05, 0) is 42.0 Å². The zero-order valence-electron chi connectivity index (χ0n) is 15.7. The van der Waals surface area contributed by atoms with E-state index in [2.05, 4.69) is 10.5 Å². The molecule has 3 N–H and O–H groups in total. The molecule has 0 heterocycles. The number of benzene rings is 2. The second kappa shape index (κ2) is 10.1. The maximum Gasteiger partial charge on any atom is 0.416 e. The van der Waals surface area contributed by atoms with Crippen LogP contribution in [0.4, 0.5) is 13.2 Å². The van der Waals surface area contributed by atoms with Gasteiger partial charge in [-0.2, -0.15) is 18.3 Å². The largest absolute Gasteiger partial charge is 0.493 e. The predicted octanol–water partition coefficient (Wildman–Crippen LogP) is 2.11. The van der Waals surface area contributed by atoms with Crippen LogP contribution in [0.2, 0.25) is 0 Å². The molecule has 160 valence electrons. The Labute approximate surface area is 169 Å². The zero-order valence-corrected chi connectivity index (χ0v) is 15.7. The van der Waals surface area contributed by atoms with Crippen LogP contribution in [0.3, 0.4) is 0 Å². The first kappa shape index (κ1) is 22.5. The third-order valence-corrected chi connectivity index (χ3v) is 3.49. The van der Waals surface area contributed by atoms with Gasteiger partial charge in [-0.25, -0.2) is 5.43 Å². The minimum absolute atomic E-state index is 0.0970. The number of halogens is 3. The summed E-state index contributed by atoms with van der Waals surface area (Å²) >= 11 is 0. The SMILES string of the molecule is COc1cc(/C=N/NC(=O)COc2cccc(C(F)(F)F)c2)ccc1OCC(N)=O. The van der Waals surface area contributed by atoms with E-state index in [0.29, 0.717) is 17.1 Å². The summed E-state index contributed by atoms with van der Waals surface area (Å²) in [5, 5.41) is 3.73. The Hall–Kier alpha value is -3.76. The van der Waals surface area contributed by atoms with Crippen molar-refractivity contribution in [2.45, 2.75) is 6.18 Å². The topological polar surface area (TPSA) is 112 Å². The highest BCUT2D eigenvalue weighted by atomic mass is 19.4. The third-order valence-electron chi connectivity index (χ3n) is 3.49. The van der Waals surface area contributed by atoms with E-state index in [1.807, 2.05) is 0 Å². The maximum absolute atomic E-state index is 12.7. The van der Waals surface area contributed by atoms with Crippen LogP contribution in [0, 0.1) is 0 Å². The van der Waals surface area contributed by atoms with Crippen molar-refractivity contribution in [1.29, 1.82) is 0 Å². The van der Waals surface area contributed by atoms with Gasteiger partial charge in [0.1, 0.15) is 5.75 Å². The van der Waals surface area contributed by atoms with Gasteiger partial charge in [0.05, 0.1) is 18.9 Å². The highest BCUT2D eigenvalue weighted by Gasteiger charge is 2.30. The molecule has 0 fully saturated rings. The molecule has 30 heavy (non-hydrogen) atoms. The molecule has 0 atom stereocenters. The number of hydrogen-bond acceptors (Lipinski definition) is 6. The second-order valence-electron chi connectivity index (χ2n) is 5.77. The van der Waals surface area contributed by atoms with Crippen molar-refractivity contribution >= 4 is 18.0 Å². The average molecular weight is 425 g/mol. The Morgan fingerprint density at radius 1 is 1.10 bits per heavy atom. The summed E-state index contributed by atoms with van der Waals surface area (Å²) in [6.07, 6.45) is -3.20. The molecule has 0 aliphatic rings. The molecular formula is C19H18F3N3O5. The lowest BCUT2D eigenvalue weighted by Gasteiger charge is -2.10. The molecule has 2 aromatic rings. The second-order valence-corrected chi connectivity index (χ2v) is 5.77. The molecule has 0 radical (unpaired) electrons. The van der Waals surface area contributed by atoms with Crippen molar-refractivity contribution in [1.82, 2.24) is 5.43 Å². The first-order chi connectivity index (χ1) is 14.2. The predicted molar refractivity (Wildman–Crippen MR) is 100 cm³/mol. The first-order valence-electron chi connectivity index (χ1n) is 8.40. The van der Waals surface area contributed by atoms with Gasteiger partial charge in [0, 0.05) is 0 Å². The summed E-state index contributed by atoms with van der Waals surface area (Å²) in [5.74, 6) is -0.790. The zero-order chi connectivity index (χ0) is 22.1. The minimum atomic E-state index is -4.51. The quantitative estimate of drug-likeness (QED) is 0.472. The number of amides is 2. The van der Waals surface area contributed by atoms with Crippen LogP contribution in [0.25, 0.3) is 0 Å². The molecule has 0 aromatic heterocycles. The van der Waals surface area contributed by atoms with E-state index in [-0.39, 0.29) is 12.4 Å². The van der Waals surface area contributed by atoms with E-state index in [9.17, 15) is 22.8 Å². The van der Waals surface area contributed by atoms with Gasteiger partial charge >= 0.3 is 6.18 Å². The Bertz CT molecular complexity index is 932. The molecule has 0 saturated carbocycles. The molecule has 8 nitrogen and oxygen atoms in total. The number of nitrogens with zero attached hydrogens (tertiary/aromatic N) is 1. The lowest BCUT2D eigenvalue weighted by Crippen LogP contribution is -2.24. The summed E-state index contributed by atoms with van der Waals surface area (Å²) in [5.41, 5.74) is 6.87. The van der Waals surface area contributed by atoms with Crippen molar-refractivity contribution in [3.8, 4) is 17.2 Å². The van der Waals surface area contributed by atoms with Gasteiger partial charge in [-0.3, -0.25) is 9.59 Å². The van der Waals surface area contributed by atoms with Crippen LogP contribution in [0.5, 0.6) is 17.2 Å². The smallest absolute Gasteiger partial charge is 0.416 e. The summed E-state index contributed by atoms with van der Waals surface area (Å²) < 4.78 is 53.4. The Kier molecular flexibility index (Phi) is 7.62. The number of ether oxygens (including phenoxy) is 3. The molecule has 0 unspecified atom stereocenters. The first-order valence-corrected chi connectivity index (χ1v) is 8.40. The molecule has 0 spiro atoms. The molecule has 0 saturated heterocycles. The van der Waals surface area contributed by atoms with E-state index in [4.69, 9.17) is 19.9 Å². The third kappa shape index (κ3) is 7.00. The van der Waals surface area contributed by atoms with Crippen LogP contribution in [0.1, 0.15) is 11.1 Å². The number of rotatable bonds is 9. The summed E-state index contributed by atoms with van der Waals surface area (Å²) in [7, 11) is 1.40. The highest BCUT2D eigenvalue weighted by Crippen LogP contribution is 2.31. The van der Waals surface area contributed by atoms with Gasteiger partial charge in [0.25, 0.3) is 11.8 Å². The van der Waals surface area contributed by atoms with Crippen molar-refractivity contribution in [2.75, 3.05) is 20.3 Å². The number of alkyl halides is 3. The van der Waals surface area contributed by atoms with Crippen molar-refractivity contribution in [3.05, 3.63) is 53.6 Å². The number of hydrazone groups is 1. The number of primary amides is 1. The van der Waals surface area contributed by atoms with Crippen molar-refractivity contribution in [3.63, 3.8) is 0 Å². The van der Waals surface area contributed by atoms with Crippen LogP contribution in [-0.4, -0.2) is 38.4 Å². The van der Waals surface area contributed by atoms with Gasteiger partial charge in [0.15, 0.2) is 24.7 Å². The fourth-order valence-corrected chi connectivity index (χ4v) is 2.15. The summed E-state index contributed by atoms with van der Waals surface area (Å²) in [4.78, 5) is 22.5. The molecule has 11 heteroatoms. The standard InChI is InChI=1S/C19H18F3N3O5/c1-28-16-7-12(5-6-15(16)30-10-17(23)26)9-24-25-18(27)11-29-14-4-2-3-13(8-14)19(20,21)22/h2-9H,10-11H2,1H3,(H2,23,26)(H,25,27)/b24-9+. The Morgan fingerprint density at radius 3 is 2.53 bits per heavy atom. The van der Waals surface area contributed by atoms with Gasteiger partial charge in [-0.1, -0.05) is 6.07 Å². The van der Waals surface area contributed by atoms with Crippen LogP contribution >= 0.6 is 0 Å². The van der Waals surface area contributed by atoms with E-state index in [1.54, 1.807) is 12.1 Å². The van der Waals surface area contributed by atoms with Gasteiger partial charge < -0.3 is 19.9 Å². The minimum Gasteiger partial charge on any atom is -0.493 e. The van der Waals surface area contributed by atoms with E-state index >= 15 is 0 Å². The van der Waals surface area contributed by atoms with Crippen molar-refractivity contribution < 1.29 is 37.0 Å². The molecule has 2 amide bonds. The number of carbonyl (C=O) groups is 2. The maximum atomic E-state index is 12.7. The summed E-state index contributed by atoms with van der Waals surface area (Å²) in [6.45, 7) is -0.840. The number of nitrogens with one attached hydrogen (secondary N) is 1. The number of nitrogens with two attached hydrogens (primary N) is 1. The number of carbonyl (C=O) groups excluding carboxylic acids is 2.